The number of amides is 1. The lowest BCUT2D eigenvalue weighted by atomic mass is 10.2. The number of aromatic nitrogens is 3. The molecular weight excluding hydrogens is 414 g/mol. The fraction of sp³-hybridized carbons (Fsp3) is 0.0435. The third-order valence-corrected chi connectivity index (χ3v) is 4.35. The maximum Gasteiger partial charge on any atom is 0.258 e. The van der Waals surface area contributed by atoms with Crippen molar-refractivity contribution in [1.82, 2.24) is 15.0 Å². The highest BCUT2D eigenvalue weighted by Gasteiger charge is 2.13. The van der Waals surface area contributed by atoms with E-state index in [1.54, 1.807) is 43.5 Å². The highest BCUT2D eigenvalue weighted by Crippen LogP contribution is 2.21. The van der Waals surface area contributed by atoms with Gasteiger partial charge in [-0.1, -0.05) is 6.07 Å². The first kappa shape index (κ1) is 20.9. The van der Waals surface area contributed by atoms with Gasteiger partial charge in [0, 0.05) is 29.7 Å². The summed E-state index contributed by atoms with van der Waals surface area (Å²) in [5, 5.41) is 8.88. The van der Waals surface area contributed by atoms with Crippen molar-refractivity contribution >= 4 is 34.7 Å². The van der Waals surface area contributed by atoms with Gasteiger partial charge in [0.1, 0.15) is 34.9 Å². The first-order valence-corrected chi connectivity index (χ1v) is 9.63. The molecule has 2 aromatic carbocycles. The van der Waals surface area contributed by atoms with Gasteiger partial charge >= 0.3 is 0 Å². The molecule has 0 unspecified atom stereocenters. The molecule has 32 heavy (non-hydrogen) atoms. The van der Waals surface area contributed by atoms with E-state index in [2.05, 4.69) is 30.9 Å². The number of benzene rings is 2. The molecule has 0 radical (unpaired) electrons. The van der Waals surface area contributed by atoms with Crippen LogP contribution in [-0.2, 0) is 0 Å². The summed E-state index contributed by atoms with van der Waals surface area (Å²) in [6, 6.07) is 16.9. The van der Waals surface area contributed by atoms with Gasteiger partial charge in [0.05, 0.1) is 5.56 Å². The number of hydrogen-bond acceptors (Lipinski definition) is 6. The van der Waals surface area contributed by atoms with E-state index in [-0.39, 0.29) is 5.56 Å². The molecule has 4 rings (SSSR count). The second-order valence-electron chi connectivity index (χ2n) is 6.81. The molecule has 1 amide bonds. The molecule has 2 heterocycles. The van der Waals surface area contributed by atoms with Crippen molar-refractivity contribution in [1.29, 1.82) is 0 Å². The van der Waals surface area contributed by atoms with Gasteiger partial charge in [-0.25, -0.2) is 23.7 Å². The lowest BCUT2D eigenvalue weighted by molar-refractivity contribution is 0.102. The smallest absolute Gasteiger partial charge is 0.258 e. The predicted molar refractivity (Wildman–Crippen MR) is 118 cm³/mol. The third-order valence-electron chi connectivity index (χ3n) is 4.35. The quantitative estimate of drug-likeness (QED) is 0.388. The molecule has 0 atom stereocenters. The number of anilines is 5. The zero-order valence-electron chi connectivity index (χ0n) is 16.9. The van der Waals surface area contributed by atoms with Crippen LogP contribution in [0.5, 0.6) is 0 Å². The Bertz CT molecular complexity index is 1250. The third kappa shape index (κ3) is 5.20. The van der Waals surface area contributed by atoms with Gasteiger partial charge in [0.2, 0.25) is 0 Å². The van der Waals surface area contributed by atoms with Gasteiger partial charge in [-0.2, -0.15) is 0 Å². The Hall–Kier alpha value is -4.40. The van der Waals surface area contributed by atoms with Crippen molar-refractivity contribution in [3.05, 3.63) is 95.9 Å². The molecule has 0 aliphatic carbocycles. The second-order valence-corrected chi connectivity index (χ2v) is 6.81. The standard InChI is InChI=1S/C23H18F2N6O/c1-14-27-21(13-22(28-14)31-20-4-2-3-11-26-20)29-16-6-8-17(9-7-16)30-23(32)18-10-5-15(24)12-19(18)25/h2-13H,1H3,(H,30,32)(H2,26,27,28,29,31). The molecule has 7 nitrogen and oxygen atoms in total. The maximum absolute atomic E-state index is 13.8. The molecule has 3 N–H and O–H groups in total. The van der Waals surface area contributed by atoms with Crippen LogP contribution in [0.25, 0.3) is 0 Å². The van der Waals surface area contributed by atoms with Crippen LogP contribution in [0.4, 0.5) is 37.6 Å². The number of carbonyl (C=O) groups is 1. The summed E-state index contributed by atoms with van der Waals surface area (Å²) in [6.45, 7) is 1.78. The van der Waals surface area contributed by atoms with Crippen LogP contribution in [0.2, 0.25) is 0 Å². The average molecular weight is 432 g/mol. The minimum absolute atomic E-state index is 0.238. The SMILES string of the molecule is Cc1nc(Nc2ccc(NC(=O)c3ccc(F)cc3F)cc2)cc(Nc2ccccn2)n1. The largest absolute Gasteiger partial charge is 0.340 e. The number of aryl methyl sites for hydroxylation is 1. The molecular formula is C23H18F2N6O. The van der Waals surface area contributed by atoms with Gasteiger partial charge in [-0.15, -0.1) is 0 Å². The summed E-state index contributed by atoms with van der Waals surface area (Å²) in [6.07, 6.45) is 1.68. The number of pyridine rings is 1. The van der Waals surface area contributed by atoms with E-state index in [4.69, 9.17) is 0 Å². The van der Waals surface area contributed by atoms with E-state index in [0.29, 0.717) is 35.0 Å². The topological polar surface area (TPSA) is 91.8 Å². The van der Waals surface area contributed by atoms with E-state index in [1.807, 2.05) is 18.2 Å². The molecule has 4 aromatic rings. The number of nitrogens with one attached hydrogen (secondary N) is 3. The maximum atomic E-state index is 13.8. The van der Waals surface area contributed by atoms with Crippen LogP contribution in [-0.4, -0.2) is 20.9 Å². The average Bonchev–Trinajstić information content (AvgIpc) is 2.75. The molecule has 9 heteroatoms. The summed E-state index contributed by atoms with van der Waals surface area (Å²) in [5.41, 5.74) is 0.941. The molecule has 0 aliphatic rings. The Morgan fingerprint density at radius 3 is 2.22 bits per heavy atom. The predicted octanol–water partition coefficient (Wildman–Crippen LogP) is 5.20. The van der Waals surface area contributed by atoms with Crippen molar-refractivity contribution in [3.63, 3.8) is 0 Å². The molecule has 0 saturated carbocycles. The summed E-state index contributed by atoms with van der Waals surface area (Å²) >= 11 is 0. The minimum Gasteiger partial charge on any atom is -0.340 e. The van der Waals surface area contributed by atoms with E-state index >= 15 is 0 Å². The molecule has 0 spiro atoms. The Labute approximate surface area is 182 Å². The molecule has 0 fully saturated rings. The van der Waals surface area contributed by atoms with Crippen LogP contribution in [0.1, 0.15) is 16.2 Å². The van der Waals surface area contributed by atoms with Crippen LogP contribution < -0.4 is 16.0 Å². The fourth-order valence-corrected chi connectivity index (χ4v) is 2.92. The zero-order valence-corrected chi connectivity index (χ0v) is 16.9. The van der Waals surface area contributed by atoms with Gasteiger partial charge in [-0.3, -0.25) is 4.79 Å². The van der Waals surface area contributed by atoms with E-state index in [9.17, 15) is 13.6 Å². The van der Waals surface area contributed by atoms with Crippen molar-refractivity contribution in [2.24, 2.45) is 0 Å². The second kappa shape index (κ2) is 9.17. The zero-order chi connectivity index (χ0) is 22.5. The molecule has 0 aliphatic heterocycles. The number of halogens is 2. The van der Waals surface area contributed by atoms with Crippen molar-refractivity contribution in [2.45, 2.75) is 6.92 Å². The van der Waals surface area contributed by atoms with Crippen LogP contribution in [0.15, 0.2) is 72.9 Å². The van der Waals surface area contributed by atoms with Crippen LogP contribution in [0, 0.1) is 18.6 Å². The fourth-order valence-electron chi connectivity index (χ4n) is 2.92. The minimum atomic E-state index is -0.921. The first-order chi connectivity index (χ1) is 15.5. The number of carbonyl (C=O) groups excluding carboxylic acids is 1. The molecule has 0 saturated heterocycles. The Balaban J connectivity index is 1.44. The molecule has 2 aromatic heterocycles. The molecule has 0 bridgehead atoms. The Kier molecular flexibility index (Phi) is 5.98. The van der Waals surface area contributed by atoms with Gasteiger partial charge in [-0.05, 0) is 55.5 Å². The lowest BCUT2D eigenvalue weighted by Gasteiger charge is -2.11. The molecule has 160 valence electrons. The summed E-state index contributed by atoms with van der Waals surface area (Å²) < 4.78 is 26.8. The first-order valence-electron chi connectivity index (χ1n) is 9.63. The van der Waals surface area contributed by atoms with Crippen LogP contribution >= 0.6 is 0 Å². The number of hydrogen-bond donors (Lipinski definition) is 3. The van der Waals surface area contributed by atoms with E-state index in [0.717, 1.165) is 17.8 Å². The summed E-state index contributed by atoms with van der Waals surface area (Å²) in [7, 11) is 0. The van der Waals surface area contributed by atoms with Crippen molar-refractivity contribution < 1.29 is 13.6 Å². The van der Waals surface area contributed by atoms with Crippen molar-refractivity contribution in [3.8, 4) is 0 Å². The highest BCUT2D eigenvalue weighted by molar-refractivity contribution is 6.04. The summed E-state index contributed by atoms with van der Waals surface area (Å²) in [4.78, 5) is 25.2. The van der Waals surface area contributed by atoms with E-state index in [1.165, 1.54) is 0 Å². The van der Waals surface area contributed by atoms with Gasteiger partial charge < -0.3 is 16.0 Å². The van der Waals surface area contributed by atoms with Crippen LogP contribution in [0.3, 0.4) is 0 Å². The van der Waals surface area contributed by atoms with Gasteiger partial charge in [0.25, 0.3) is 5.91 Å². The Morgan fingerprint density at radius 2 is 1.53 bits per heavy atom. The van der Waals surface area contributed by atoms with Crippen molar-refractivity contribution in [2.75, 3.05) is 16.0 Å². The Morgan fingerprint density at radius 1 is 0.812 bits per heavy atom. The summed E-state index contributed by atoms with van der Waals surface area (Å²) in [5.74, 6) is 0.0561. The lowest BCUT2D eigenvalue weighted by Crippen LogP contribution is -2.13. The highest BCUT2D eigenvalue weighted by atomic mass is 19.1. The van der Waals surface area contributed by atoms with E-state index < -0.39 is 17.5 Å². The normalized spacial score (nSPS) is 10.5. The number of nitrogens with zero attached hydrogens (tertiary/aromatic N) is 3. The monoisotopic (exact) mass is 432 g/mol. The van der Waals surface area contributed by atoms with Gasteiger partial charge in [0.15, 0.2) is 0 Å². The number of rotatable bonds is 6.